The summed E-state index contributed by atoms with van der Waals surface area (Å²) < 4.78 is 34.8. The van der Waals surface area contributed by atoms with Gasteiger partial charge in [-0.15, -0.1) is 0 Å². The number of unbranched alkanes of at least 4 members (excludes halogenated alkanes) is 38. The van der Waals surface area contributed by atoms with Crippen molar-refractivity contribution < 1.29 is 37.3 Å². The quantitative estimate of drug-likeness (QED) is 0.0260. The van der Waals surface area contributed by atoms with Crippen molar-refractivity contribution in [1.29, 1.82) is 0 Å². The second-order valence-corrected chi connectivity index (χ2v) is 21.4. The summed E-state index contributed by atoms with van der Waals surface area (Å²) in [6, 6.07) is 0. The molecule has 0 spiro atoms. The fraction of sp³-hybridized carbons (Fsp3) is 0.981. The molecular formula is C53H108NO7P. The Kier molecular flexibility index (Phi) is 46.6. The zero-order valence-electron chi connectivity index (χ0n) is 42.4. The van der Waals surface area contributed by atoms with Crippen LogP contribution in [0.5, 0.6) is 0 Å². The van der Waals surface area contributed by atoms with Crippen molar-refractivity contribution in [2.24, 2.45) is 0 Å². The minimum absolute atomic E-state index is 0.0319. The highest BCUT2D eigenvalue weighted by Crippen LogP contribution is 2.38. The summed E-state index contributed by atoms with van der Waals surface area (Å²) in [4.78, 5) is 25.2. The second-order valence-electron chi connectivity index (χ2n) is 20.0. The predicted molar refractivity (Wildman–Crippen MR) is 264 cm³/mol. The number of carbonyl (C=O) groups is 1. The van der Waals surface area contributed by atoms with E-state index in [1.54, 1.807) is 0 Å². The number of phosphoric ester groups is 1. The summed E-state index contributed by atoms with van der Waals surface area (Å²) in [5.74, 6) is -0.324. The number of carbonyl (C=O) groups excluding carboxylic acids is 1. The number of likely N-dealkylation sites (N-methyl/N-ethyl adjacent to an activating group) is 1. The molecule has 0 aromatic carbocycles. The molecule has 62 heavy (non-hydrogen) atoms. The molecule has 8 nitrogen and oxygen atoms in total. The van der Waals surface area contributed by atoms with E-state index in [-0.39, 0.29) is 25.8 Å². The highest BCUT2D eigenvalue weighted by Gasteiger charge is 2.20. The van der Waals surface area contributed by atoms with Crippen LogP contribution in [0.1, 0.15) is 277 Å². The molecule has 0 radical (unpaired) electrons. The summed E-state index contributed by atoms with van der Waals surface area (Å²) in [7, 11) is 1.38. The maximum atomic E-state index is 12.8. The molecular weight excluding hydrogens is 794 g/mol. The average molecular weight is 902 g/mol. The van der Waals surface area contributed by atoms with Crippen LogP contribution in [0.15, 0.2) is 0 Å². The molecule has 0 N–H and O–H groups in total. The molecule has 0 rings (SSSR count). The number of nitrogens with zero attached hydrogens (tertiary/aromatic N) is 1. The third kappa shape index (κ3) is 50.5. The van der Waals surface area contributed by atoms with Crippen LogP contribution in [-0.2, 0) is 27.9 Å². The first-order valence-corrected chi connectivity index (χ1v) is 28.7. The lowest BCUT2D eigenvalue weighted by Crippen LogP contribution is -2.37. The van der Waals surface area contributed by atoms with Crippen LogP contribution in [0.4, 0.5) is 0 Å². The first kappa shape index (κ1) is 61.5. The minimum atomic E-state index is -4.52. The van der Waals surface area contributed by atoms with Crippen LogP contribution in [0.25, 0.3) is 0 Å². The highest BCUT2D eigenvalue weighted by atomic mass is 31.2. The van der Waals surface area contributed by atoms with E-state index in [1.165, 1.54) is 225 Å². The molecule has 0 aromatic rings. The molecule has 0 aliphatic rings. The van der Waals surface area contributed by atoms with Gasteiger partial charge in [0.1, 0.15) is 19.3 Å². The molecule has 0 amide bonds. The molecule has 0 heterocycles. The molecule has 0 aliphatic carbocycles. The Morgan fingerprint density at radius 2 is 0.742 bits per heavy atom. The smallest absolute Gasteiger partial charge is 0.306 e. The van der Waals surface area contributed by atoms with Gasteiger partial charge in [0.15, 0.2) is 0 Å². The van der Waals surface area contributed by atoms with Gasteiger partial charge in [-0.2, -0.15) is 0 Å². The van der Waals surface area contributed by atoms with Crippen LogP contribution in [0.2, 0.25) is 0 Å². The van der Waals surface area contributed by atoms with Crippen molar-refractivity contribution in [2.75, 3.05) is 54.1 Å². The SMILES string of the molecule is CCCCCCCCCCCCCCCCCCCCCCOC[C@H](COP(=O)([O-])OCC[N+](C)(C)C)OC(=O)CCCCCCCCCCCCCCCCCCCCCC. The largest absolute Gasteiger partial charge is 0.756 e. The molecule has 372 valence electrons. The van der Waals surface area contributed by atoms with Crippen molar-refractivity contribution in [3.63, 3.8) is 0 Å². The van der Waals surface area contributed by atoms with Crippen LogP contribution in [0, 0.1) is 0 Å². The lowest BCUT2D eigenvalue weighted by Gasteiger charge is -2.28. The molecule has 0 saturated heterocycles. The minimum Gasteiger partial charge on any atom is -0.756 e. The molecule has 2 atom stereocenters. The maximum Gasteiger partial charge on any atom is 0.306 e. The molecule has 0 fully saturated rings. The van der Waals surface area contributed by atoms with Crippen LogP contribution in [0.3, 0.4) is 0 Å². The van der Waals surface area contributed by atoms with Gasteiger partial charge in [-0.3, -0.25) is 9.36 Å². The Hall–Kier alpha value is -0.500. The lowest BCUT2D eigenvalue weighted by atomic mass is 10.0. The Bertz CT molecular complexity index is 961. The van der Waals surface area contributed by atoms with Crippen molar-refractivity contribution in [1.82, 2.24) is 0 Å². The fourth-order valence-electron chi connectivity index (χ4n) is 8.20. The van der Waals surface area contributed by atoms with Gasteiger partial charge < -0.3 is 27.9 Å². The van der Waals surface area contributed by atoms with E-state index in [4.69, 9.17) is 18.5 Å². The van der Waals surface area contributed by atoms with Gasteiger partial charge in [0.2, 0.25) is 0 Å². The van der Waals surface area contributed by atoms with Crippen LogP contribution >= 0.6 is 7.82 Å². The Balaban J connectivity index is 4.05. The number of ether oxygens (including phenoxy) is 2. The zero-order chi connectivity index (χ0) is 45.5. The van der Waals surface area contributed by atoms with E-state index in [1.807, 2.05) is 21.1 Å². The van der Waals surface area contributed by atoms with Crippen molar-refractivity contribution in [2.45, 2.75) is 283 Å². The molecule has 1 unspecified atom stereocenters. The summed E-state index contributed by atoms with van der Waals surface area (Å²) in [5, 5.41) is 0. The third-order valence-corrected chi connectivity index (χ3v) is 13.4. The van der Waals surface area contributed by atoms with Crippen LogP contribution < -0.4 is 4.89 Å². The molecule has 9 heteroatoms. The number of esters is 1. The summed E-state index contributed by atoms with van der Waals surface area (Å²) in [5.41, 5.74) is 0. The molecule has 0 aliphatic heterocycles. The number of rotatable bonds is 52. The van der Waals surface area contributed by atoms with Gasteiger partial charge >= 0.3 is 5.97 Å². The standard InChI is InChI=1S/C53H108NO7P/c1-6-8-10-12-14-16-18-20-22-24-26-28-30-32-34-36-38-40-42-44-46-53(55)61-52(51-60-62(56,57)59-49-47-54(3,4)5)50-58-48-45-43-41-39-37-35-33-31-29-27-25-23-21-19-17-15-13-11-9-7-2/h52H,6-51H2,1-5H3/t52-/m1/s1. The molecule has 0 saturated carbocycles. The summed E-state index contributed by atoms with van der Waals surface area (Å²) in [6.45, 7) is 5.50. The fourth-order valence-corrected chi connectivity index (χ4v) is 8.93. The monoisotopic (exact) mass is 902 g/mol. The number of hydrogen-bond donors (Lipinski definition) is 0. The predicted octanol–water partition coefficient (Wildman–Crippen LogP) is 16.2. The first-order valence-electron chi connectivity index (χ1n) is 27.3. The normalized spacial score (nSPS) is 13.5. The van der Waals surface area contributed by atoms with E-state index in [0.717, 1.165) is 32.1 Å². The van der Waals surface area contributed by atoms with Gasteiger partial charge in [0.05, 0.1) is 34.4 Å². The van der Waals surface area contributed by atoms with E-state index in [0.29, 0.717) is 24.1 Å². The van der Waals surface area contributed by atoms with Gasteiger partial charge in [0.25, 0.3) is 7.82 Å². The highest BCUT2D eigenvalue weighted by molar-refractivity contribution is 7.45. The van der Waals surface area contributed by atoms with Gasteiger partial charge in [-0.25, -0.2) is 0 Å². The van der Waals surface area contributed by atoms with Gasteiger partial charge in [0, 0.05) is 13.0 Å². The summed E-state index contributed by atoms with van der Waals surface area (Å²) in [6.07, 6.45) is 52.7. The average Bonchev–Trinajstić information content (AvgIpc) is 3.23. The lowest BCUT2D eigenvalue weighted by molar-refractivity contribution is -0.870. The Morgan fingerprint density at radius 1 is 0.435 bits per heavy atom. The van der Waals surface area contributed by atoms with Gasteiger partial charge in [-0.05, 0) is 12.8 Å². The first-order chi connectivity index (χ1) is 30.1. The van der Waals surface area contributed by atoms with Crippen LogP contribution in [-0.4, -0.2) is 70.7 Å². The van der Waals surface area contributed by atoms with Gasteiger partial charge in [-0.1, -0.05) is 258 Å². The van der Waals surface area contributed by atoms with E-state index >= 15 is 0 Å². The third-order valence-electron chi connectivity index (χ3n) is 12.4. The van der Waals surface area contributed by atoms with Crippen molar-refractivity contribution in [3.8, 4) is 0 Å². The van der Waals surface area contributed by atoms with E-state index < -0.39 is 13.9 Å². The van der Waals surface area contributed by atoms with E-state index in [9.17, 15) is 14.3 Å². The van der Waals surface area contributed by atoms with Crippen molar-refractivity contribution >= 4 is 13.8 Å². The number of hydrogen-bond acceptors (Lipinski definition) is 7. The summed E-state index contributed by atoms with van der Waals surface area (Å²) >= 11 is 0. The topological polar surface area (TPSA) is 94.1 Å². The zero-order valence-corrected chi connectivity index (χ0v) is 43.3. The number of quaternary nitrogens is 1. The Morgan fingerprint density at radius 3 is 1.06 bits per heavy atom. The Labute approximate surface area is 387 Å². The second kappa shape index (κ2) is 47.0. The molecule has 0 bridgehead atoms. The van der Waals surface area contributed by atoms with E-state index in [2.05, 4.69) is 13.8 Å². The molecule has 0 aromatic heterocycles. The number of phosphoric acid groups is 1. The van der Waals surface area contributed by atoms with Crippen molar-refractivity contribution in [3.05, 3.63) is 0 Å². The maximum absolute atomic E-state index is 12.8.